The third-order valence-corrected chi connectivity index (χ3v) is 5.94. The molecule has 0 aliphatic carbocycles. The molecule has 0 unspecified atom stereocenters. The molecule has 5 rings (SSSR count). The SMILES string of the molecule is CN(c1ccccc1)c1ccc(-c2ccccc2-c2ccccc2-c2ccccc2)cc1. The molecule has 0 saturated heterocycles. The first-order chi connectivity index (χ1) is 15.8. The predicted molar refractivity (Wildman–Crippen MR) is 137 cm³/mol. The molecule has 154 valence electrons. The Morgan fingerprint density at radius 3 is 1.25 bits per heavy atom. The Hall–Kier alpha value is -4.10. The summed E-state index contributed by atoms with van der Waals surface area (Å²) < 4.78 is 0. The summed E-state index contributed by atoms with van der Waals surface area (Å²) in [6.07, 6.45) is 0. The van der Waals surface area contributed by atoms with Crippen LogP contribution in [0.25, 0.3) is 33.4 Å². The number of nitrogens with zero attached hydrogens (tertiary/aromatic N) is 1. The minimum atomic E-state index is 1.17. The summed E-state index contributed by atoms with van der Waals surface area (Å²) in [7, 11) is 2.11. The van der Waals surface area contributed by atoms with Gasteiger partial charge in [-0.05, 0) is 57.6 Å². The van der Waals surface area contributed by atoms with Crippen molar-refractivity contribution in [1.29, 1.82) is 0 Å². The topological polar surface area (TPSA) is 3.24 Å². The van der Waals surface area contributed by atoms with E-state index >= 15 is 0 Å². The first-order valence-electron chi connectivity index (χ1n) is 10.9. The first-order valence-corrected chi connectivity index (χ1v) is 10.9. The van der Waals surface area contributed by atoms with E-state index in [1.165, 1.54) is 44.8 Å². The molecule has 0 spiro atoms. The first kappa shape index (κ1) is 19.8. The molecule has 0 radical (unpaired) electrons. The van der Waals surface area contributed by atoms with Crippen LogP contribution in [0.4, 0.5) is 11.4 Å². The molecule has 0 bridgehead atoms. The second kappa shape index (κ2) is 8.95. The Bertz CT molecular complexity index is 1310. The van der Waals surface area contributed by atoms with Crippen LogP contribution in [0.2, 0.25) is 0 Å². The highest BCUT2D eigenvalue weighted by atomic mass is 15.1. The molecule has 5 aromatic carbocycles. The Kier molecular flexibility index (Phi) is 5.55. The molecule has 0 amide bonds. The van der Waals surface area contributed by atoms with Gasteiger partial charge in [-0.1, -0.05) is 109 Å². The molecule has 0 aliphatic heterocycles. The van der Waals surface area contributed by atoms with Gasteiger partial charge in [0.15, 0.2) is 0 Å². The van der Waals surface area contributed by atoms with Gasteiger partial charge in [0.2, 0.25) is 0 Å². The summed E-state index contributed by atoms with van der Waals surface area (Å²) in [5, 5.41) is 0. The second-order valence-electron chi connectivity index (χ2n) is 7.90. The van der Waals surface area contributed by atoms with Crippen LogP contribution in [-0.4, -0.2) is 7.05 Å². The summed E-state index contributed by atoms with van der Waals surface area (Å²) in [5.74, 6) is 0. The number of rotatable bonds is 5. The molecule has 0 aromatic heterocycles. The van der Waals surface area contributed by atoms with Gasteiger partial charge in [-0.3, -0.25) is 0 Å². The van der Waals surface area contributed by atoms with Gasteiger partial charge in [-0.25, -0.2) is 0 Å². The molecule has 0 N–H and O–H groups in total. The van der Waals surface area contributed by atoms with Crippen LogP contribution in [0.3, 0.4) is 0 Å². The smallest absolute Gasteiger partial charge is 0.0408 e. The monoisotopic (exact) mass is 411 g/mol. The number of benzene rings is 5. The summed E-state index contributed by atoms with van der Waals surface area (Å²) in [6.45, 7) is 0. The van der Waals surface area contributed by atoms with Crippen LogP contribution in [0.15, 0.2) is 133 Å². The maximum atomic E-state index is 2.22. The molecule has 0 aliphatic rings. The number of para-hydroxylation sites is 1. The van der Waals surface area contributed by atoms with E-state index in [-0.39, 0.29) is 0 Å². The van der Waals surface area contributed by atoms with Gasteiger partial charge in [0, 0.05) is 18.4 Å². The summed E-state index contributed by atoms with van der Waals surface area (Å²) in [6, 6.07) is 47.2. The van der Waals surface area contributed by atoms with E-state index in [1.807, 2.05) is 6.07 Å². The molecule has 32 heavy (non-hydrogen) atoms. The molecule has 1 heteroatoms. The largest absolute Gasteiger partial charge is 0.345 e. The zero-order valence-corrected chi connectivity index (χ0v) is 18.1. The van der Waals surface area contributed by atoms with Gasteiger partial charge in [-0.2, -0.15) is 0 Å². The third-order valence-electron chi connectivity index (χ3n) is 5.94. The molecular weight excluding hydrogens is 386 g/mol. The molecule has 1 nitrogen and oxygen atoms in total. The maximum absolute atomic E-state index is 2.22. The molecule has 0 atom stereocenters. The minimum Gasteiger partial charge on any atom is -0.345 e. The van der Waals surface area contributed by atoms with Gasteiger partial charge in [0.05, 0.1) is 0 Å². The van der Waals surface area contributed by atoms with Crippen molar-refractivity contribution in [2.75, 3.05) is 11.9 Å². The molecule has 5 aromatic rings. The Balaban J connectivity index is 1.55. The van der Waals surface area contributed by atoms with Crippen molar-refractivity contribution < 1.29 is 0 Å². The lowest BCUT2D eigenvalue weighted by Crippen LogP contribution is -2.08. The highest BCUT2D eigenvalue weighted by molar-refractivity contribution is 5.91. The van der Waals surface area contributed by atoms with E-state index in [4.69, 9.17) is 0 Å². The highest BCUT2D eigenvalue weighted by Gasteiger charge is 2.12. The van der Waals surface area contributed by atoms with Crippen LogP contribution < -0.4 is 4.90 Å². The van der Waals surface area contributed by atoms with Crippen molar-refractivity contribution in [3.8, 4) is 33.4 Å². The quantitative estimate of drug-likeness (QED) is 0.280. The Labute approximate surface area is 190 Å². The Morgan fingerprint density at radius 2 is 0.719 bits per heavy atom. The predicted octanol–water partition coefficient (Wildman–Crippen LogP) is 8.46. The fraction of sp³-hybridized carbons (Fsp3) is 0.0323. The van der Waals surface area contributed by atoms with Crippen molar-refractivity contribution >= 4 is 11.4 Å². The fourth-order valence-corrected chi connectivity index (χ4v) is 4.22. The summed E-state index contributed by atoms with van der Waals surface area (Å²) in [4.78, 5) is 2.21. The lowest BCUT2D eigenvalue weighted by atomic mass is 9.89. The standard InChI is InChI=1S/C31H25N/c1-32(26-14-6-3-7-15-26)27-22-20-25(21-23-27)29-17-9-11-19-31(29)30-18-10-8-16-28(30)24-12-4-2-5-13-24/h2-23H,1H3. The second-order valence-corrected chi connectivity index (χ2v) is 7.90. The highest BCUT2D eigenvalue weighted by Crippen LogP contribution is 2.38. The minimum absolute atomic E-state index is 1.17. The lowest BCUT2D eigenvalue weighted by Gasteiger charge is -2.20. The zero-order chi connectivity index (χ0) is 21.8. The third kappa shape index (κ3) is 3.93. The molecule has 0 heterocycles. The van der Waals surface area contributed by atoms with Crippen molar-refractivity contribution in [1.82, 2.24) is 0 Å². The van der Waals surface area contributed by atoms with Crippen molar-refractivity contribution in [2.45, 2.75) is 0 Å². The van der Waals surface area contributed by atoms with E-state index in [0.29, 0.717) is 0 Å². The average molecular weight is 412 g/mol. The number of anilines is 2. The van der Waals surface area contributed by atoms with Gasteiger partial charge in [-0.15, -0.1) is 0 Å². The summed E-state index contributed by atoms with van der Waals surface area (Å²) >= 11 is 0. The fourth-order valence-electron chi connectivity index (χ4n) is 4.22. The average Bonchev–Trinajstić information content (AvgIpc) is 2.89. The van der Waals surface area contributed by atoms with Crippen LogP contribution in [0.5, 0.6) is 0 Å². The lowest BCUT2D eigenvalue weighted by molar-refractivity contribution is 1.21. The van der Waals surface area contributed by atoms with E-state index in [0.717, 1.165) is 0 Å². The van der Waals surface area contributed by atoms with Crippen molar-refractivity contribution in [2.24, 2.45) is 0 Å². The normalized spacial score (nSPS) is 10.7. The van der Waals surface area contributed by atoms with Crippen molar-refractivity contribution in [3.63, 3.8) is 0 Å². The summed E-state index contributed by atoms with van der Waals surface area (Å²) in [5.41, 5.74) is 9.78. The van der Waals surface area contributed by atoms with Crippen LogP contribution in [-0.2, 0) is 0 Å². The van der Waals surface area contributed by atoms with Crippen LogP contribution >= 0.6 is 0 Å². The van der Waals surface area contributed by atoms with E-state index in [9.17, 15) is 0 Å². The van der Waals surface area contributed by atoms with Gasteiger partial charge in [0.1, 0.15) is 0 Å². The zero-order valence-electron chi connectivity index (χ0n) is 18.1. The van der Waals surface area contributed by atoms with Gasteiger partial charge < -0.3 is 4.90 Å². The van der Waals surface area contributed by atoms with Crippen LogP contribution in [0.1, 0.15) is 0 Å². The van der Waals surface area contributed by atoms with E-state index < -0.39 is 0 Å². The molecule has 0 fully saturated rings. The van der Waals surface area contributed by atoms with Crippen LogP contribution in [0, 0.1) is 0 Å². The van der Waals surface area contributed by atoms with Crippen molar-refractivity contribution in [3.05, 3.63) is 133 Å². The molecular formula is C31H25N. The van der Waals surface area contributed by atoms with Gasteiger partial charge >= 0.3 is 0 Å². The molecule has 0 saturated carbocycles. The number of hydrogen-bond acceptors (Lipinski definition) is 1. The van der Waals surface area contributed by atoms with E-state index in [2.05, 4.69) is 139 Å². The number of hydrogen-bond donors (Lipinski definition) is 0. The van der Waals surface area contributed by atoms with E-state index in [1.54, 1.807) is 0 Å². The maximum Gasteiger partial charge on any atom is 0.0408 e. The Morgan fingerprint density at radius 1 is 0.344 bits per heavy atom. The van der Waals surface area contributed by atoms with Gasteiger partial charge in [0.25, 0.3) is 0 Å².